The molecule has 0 radical (unpaired) electrons. The lowest BCUT2D eigenvalue weighted by Gasteiger charge is -2.09. The fourth-order valence-corrected chi connectivity index (χ4v) is 4.46. The summed E-state index contributed by atoms with van der Waals surface area (Å²) >= 11 is 13.9. The minimum absolute atomic E-state index is 0.0695. The molecular weight excluding hydrogens is 463 g/mol. The normalized spacial score (nSPS) is 10.7. The lowest BCUT2D eigenvalue weighted by molar-refractivity contribution is -0.116. The molecule has 1 N–H and O–H groups in total. The molecule has 0 saturated carbocycles. The van der Waals surface area contributed by atoms with Gasteiger partial charge in [-0.2, -0.15) is 0 Å². The van der Waals surface area contributed by atoms with Gasteiger partial charge in [-0.05, 0) is 36.8 Å². The summed E-state index contributed by atoms with van der Waals surface area (Å²) in [6.07, 6.45) is 0.937. The predicted octanol–water partition coefficient (Wildman–Crippen LogP) is 7.58. The summed E-state index contributed by atoms with van der Waals surface area (Å²) in [6.45, 7) is 0.417. The standard InChI is InChI=1S/C25H20Cl2N2O2S/c26-20-10-2-1-9-19(20)25-29-22(16-32-25)17-7-5-8-18(15-17)28-24(30)13-6-14-31-23-12-4-3-11-21(23)27/h1-5,7-12,15-16H,6,13-14H2,(H,28,30). The average molecular weight is 483 g/mol. The molecule has 0 saturated heterocycles. The molecule has 0 unspecified atom stereocenters. The van der Waals surface area contributed by atoms with Gasteiger partial charge in [0.15, 0.2) is 0 Å². The maximum atomic E-state index is 12.3. The Morgan fingerprint density at radius 1 is 0.969 bits per heavy atom. The van der Waals surface area contributed by atoms with Gasteiger partial charge >= 0.3 is 0 Å². The van der Waals surface area contributed by atoms with Crippen LogP contribution in [0.15, 0.2) is 78.2 Å². The number of nitrogens with one attached hydrogen (secondary N) is 1. The summed E-state index contributed by atoms with van der Waals surface area (Å²) in [4.78, 5) is 17.1. The molecule has 0 aliphatic rings. The molecule has 0 atom stereocenters. The molecule has 162 valence electrons. The molecule has 4 rings (SSSR count). The van der Waals surface area contributed by atoms with Crippen LogP contribution in [0, 0.1) is 0 Å². The van der Waals surface area contributed by atoms with Crippen molar-refractivity contribution in [3.8, 4) is 27.6 Å². The van der Waals surface area contributed by atoms with Crippen LogP contribution in [0.2, 0.25) is 10.0 Å². The minimum atomic E-state index is -0.0695. The first-order valence-corrected chi connectivity index (χ1v) is 11.7. The summed E-state index contributed by atoms with van der Waals surface area (Å²) in [5, 5.41) is 7.03. The van der Waals surface area contributed by atoms with Crippen LogP contribution in [0.3, 0.4) is 0 Å². The van der Waals surface area contributed by atoms with Crippen molar-refractivity contribution >= 4 is 46.1 Å². The van der Waals surface area contributed by atoms with Gasteiger partial charge in [0, 0.05) is 28.6 Å². The van der Waals surface area contributed by atoms with Crippen molar-refractivity contribution in [3.05, 3.63) is 88.2 Å². The lowest BCUT2D eigenvalue weighted by atomic mass is 10.1. The van der Waals surface area contributed by atoms with E-state index >= 15 is 0 Å². The van der Waals surface area contributed by atoms with Crippen molar-refractivity contribution in [2.75, 3.05) is 11.9 Å². The number of ether oxygens (including phenoxy) is 1. The molecule has 4 aromatic rings. The third-order valence-electron chi connectivity index (χ3n) is 4.69. The number of hydrogen-bond donors (Lipinski definition) is 1. The fraction of sp³-hybridized carbons (Fsp3) is 0.120. The van der Waals surface area contributed by atoms with E-state index in [9.17, 15) is 4.79 Å². The summed E-state index contributed by atoms with van der Waals surface area (Å²) in [7, 11) is 0. The van der Waals surface area contributed by atoms with Gasteiger partial charge in [-0.3, -0.25) is 4.79 Å². The number of anilines is 1. The molecule has 0 bridgehead atoms. The zero-order valence-corrected chi connectivity index (χ0v) is 19.4. The van der Waals surface area contributed by atoms with Crippen LogP contribution in [0.5, 0.6) is 5.75 Å². The molecular formula is C25H20Cl2N2O2S. The van der Waals surface area contributed by atoms with Crippen molar-refractivity contribution in [2.45, 2.75) is 12.8 Å². The van der Waals surface area contributed by atoms with Crippen LogP contribution < -0.4 is 10.1 Å². The number of amides is 1. The number of hydrogen-bond acceptors (Lipinski definition) is 4. The highest BCUT2D eigenvalue weighted by molar-refractivity contribution is 7.13. The van der Waals surface area contributed by atoms with Crippen LogP contribution in [-0.2, 0) is 4.79 Å². The van der Waals surface area contributed by atoms with Crippen molar-refractivity contribution in [2.24, 2.45) is 0 Å². The zero-order chi connectivity index (χ0) is 22.3. The highest BCUT2D eigenvalue weighted by Gasteiger charge is 2.11. The molecule has 1 aromatic heterocycles. The summed E-state index contributed by atoms with van der Waals surface area (Å²) in [5.74, 6) is 0.557. The van der Waals surface area contributed by atoms with Gasteiger partial charge in [0.25, 0.3) is 0 Å². The number of aromatic nitrogens is 1. The van der Waals surface area contributed by atoms with Crippen molar-refractivity contribution in [1.82, 2.24) is 4.98 Å². The second-order valence-electron chi connectivity index (χ2n) is 7.03. The third-order valence-corrected chi connectivity index (χ3v) is 6.21. The van der Waals surface area contributed by atoms with Gasteiger partial charge < -0.3 is 10.1 Å². The number of carbonyl (C=O) groups is 1. The molecule has 32 heavy (non-hydrogen) atoms. The first kappa shape index (κ1) is 22.3. The van der Waals surface area contributed by atoms with E-state index in [-0.39, 0.29) is 5.91 Å². The lowest BCUT2D eigenvalue weighted by Crippen LogP contribution is -2.12. The monoisotopic (exact) mass is 482 g/mol. The van der Waals surface area contributed by atoms with Crippen molar-refractivity contribution in [3.63, 3.8) is 0 Å². The minimum Gasteiger partial charge on any atom is -0.492 e. The highest BCUT2D eigenvalue weighted by atomic mass is 35.5. The molecule has 0 aliphatic heterocycles. The Hall–Kier alpha value is -2.86. The van der Waals surface area contributed by atoms with Crippen LogP contribution in [-0.4, -0.2) is 17.5 Å². The van der Waals surface area contributed by atoms with E-state index in [1.165, 1.54) is 11.3 Å². The molecule has 0 aliphatic carbocycles. The van der Waals surface area contributed by atoms with Gasteiger partial charge in [-0.15, -0.1) is 11.3 Å². The van der Waals surface area contributed by atoms with Crippen LogP contribution in [0.25, 0.3) is 21.8 Å². The molecule has 1 amide bonds. The topological polar surface area (TPSA) is 51.2 Å². The second kappa shape index (κ2) is 10.6. The van der Waals surface area contributed by atoms with Gasteiger partial charge in [0.05, 0.1) is 22.3 Å². The predicted molar refractivity (Wildman–Crippen MR) is 133 cm³/mol. The average Bonchev–Trinajstić information content (AvgIpc) is 3.28. The van der Waals surface area contributed by atoms with Gasteiger partial charge in [0.2, 0.25) is 5.91 Å². The second-order valence-corrected chi connectivity index (χ2v) is 8.70. The van der Waals surface area contributed by atoms with Crippen LogP contribution in [0.4, 0.5) is 5.69 Å². The number of carbonyl (C=O) groups excluding carboxylic acids is 1. The quantitative estimate of drug-likeness (QED) is 0.263. The van der Waals surface area contributed by atoms with Gasteiger partial charge in [0.1, 0.15) is 10.8 Å². The summed E-state index contributed by atoms with van der Waals surface area (Å²) < 4.78 is 5.63. The maximum Gasteiger partial charge on any atom is 0.224 e. The Labute approximate surface area is 200 Å². The van der Waals surface area contributed by atoms with E-state index < -0.39 is 0 Å². The van der Waals surface area contributed by atoms with E-state index in [4.69, 9.17) is 32.9 Å². The Morgan fingerprint density at radius 2 is 1.75 bits per heavy atom. The molecule has 0 fully saturated rings. The van der Waals surface area contributed by atoms with Crippen molar-refractivity contribution < 1.29 is 9.53 Å². The largest absolute Gasteiger partial charge is 0.492 e. The maximum absolute atomic E-state index is 12.3. The smallest absolute Gasteiger partial charge is 0.224 e. The molecule has 7 heteroatoms. The Morgan fingerprint density at radius 3 is 2.56 bits per heavy atom. The first-order valence-electron chi connectivity index (χ1n) is 10.1. The highest BCUT2D eigenvalue weighted by Crippen LogP contribution is 2.33. The van der Waals surface area contributed by atoms with Gasteiger partial charge in [-0.1, -0.05) is 65.7 Å². The number of rotatable bonds is 8. The summed E-state index contributed by atoms with van der Waals surface area (Å²) in [6, 6.07) is 22.6. The van der Waals surface area contributed by atoms with E-state index in [0.717, 1.165) is 27.5 Å². The third kappa shape index (κ3) is 5.68. The molecule has 3 aromatic carbocycles. The van der Waals surface area contributed by atoms with Crippen LogP contribution >= 0.6 is 34.5 Å². The Kier molecular flexibility index (Phi) is 7.43. The van der Waals surface area contributed by atoms with Gasteiger partial charge in [-0.25, -0.2) is 4.98 Å². The number of para-hydroxylation sites is 1. The van der Waals surface area contributed by atoms with E-state index in [1.807, 2.05) is 72.1 Å². The Balaban J connectivity index is 1.34. The number of halogens is 2. The van der Waals surface area contributed by atoms with E-state index in [2.05, 4.69) is 5.32 Å². The van der Waals surface area contributed by atoms with E-state index in [0.29, 0.717) is 35.2 Å². The SMILES string of the molecule is O=C(CCCOc1ccccc1Cl)Nc1cccc(-c2csc(-c3ccccc3Cl)n2)c1. The fourth-order valence-electron chi connectivity index (χ4n) is 3.12. The molecule has 4 nitrogen and oxygen atoms in total. The number of benzene rings is 3. The van der Waals surface area contributed by atoms with E-state index in [1.54, 1.807) is 6.07 Å². The number of nitrogens with zero attached hydrogens (tertiary/aromatic N) is 1. The van der Waals surface area contributed by atoms with Crippen molar-refractivity contribution in [1.29, 1.82) is 0 Å². The molecule has 1 heterocycles. The zero-order valence-electron chi connectivity index (χ0n) is 17.1. The Bertz CT molecular complexity index is 1230. The number of thiazole rings is 1. The first-order chi connectivity index (χ1) is 15.6. The molecule has 0 spiro atoms. The van der Waals surface area contributed by atoms with Crippen LogP contribution in [0.1, 0.15) is 12.8 Å². The summed E-state index contributed by atoms with van der Waals surface area (Å²) in [5.41, 5.74) is 3.41.